The van der Waals surface area contributed by atoms with E-state index >= 15 is 4.39 Å². The number of alkyl carbamates (subject to hydrolysis) is 1. The smallest absolute Gasteiger partial charge is 0.407 e. The van der Waals surface area contributed by atoms with Crippen molar-refractivity contribution in [3.8, 4) is 5.69 Å². The van der Waals surface area contributed by atoms with Crippen LogP contribution in [0.1, 0.15) is 79.7 Å². The van der Waals surface area contributed by atoms with Crippen molar-refractivity contribution in [1.29, 1.82) is 0 Å². The average Bonchev–Trinajstić information content (AvgIpc) is 3.53. The van der Waals surface area contributed by atoms with Gasteiger partial charge in [-0.2, -0.15) is 0 Å². The first kappa shape index (κ1) is 33.6. The number of anilines is 1. The van der Waals surface area contributed by atoms with Gasteiger partial charge in [0, 0.05) is 56.3 Å². The number of alkyl halides is 2. The van der Waals surface area contributed by atoms with Gasteiger partial charge in [0.25, 0.3) is 11.8 Å². The highest BCUT2D eigenvalue weighted by atomic mass is 32.2. The maximum atomic E-state index is 15.7. The van der Waals surface area contributed by atoms with E-state index in [1.807, 2.05) is 18.7 Å². The van der Waals surface area contributed by atoms with E-state index in [-0.39, 0.29) is 73.2 Å². The Morgan fingerprint density at radius 2 is 1.79 bits per heavy atom. The number of carbonyl (C=O) groups excluding carboxylic acids is 2. The molecule has 0 unspecified atom stereocenters. The van der Waals surface area contributed by atoms with Gasteiger partial charge in [-0.05, 0) is 49.7 Å². The molecule has 1 saturated heterocycles. The number of hydrogen-bond donors (Lipinski definition) is 3. The number of halogens is 3. The van der Waals surface area contributed by atoms with Gasteiger partial charge in [-0.25, -0.2) is 26.4 Å². The lowest BCUT2D eigenvalue weighted by Crippen LogP contribution is -2.43. The fourth-order valence-corrected chi connectivity index (χ4v) is 9.78. The van der Waals surface area contributed by atoms with E-state index in [0.29, 0.717) is 67.8 Å². The molecule has 0 spiro atoms. The zero-order valence-electron chi connectivity index (χ0n) is 26.7. The Kier molecular flexibility index (Phi) is 9.02. The first-order valence-corrected chi connectivity index (χ1v) is 17.8. The van der Waals surface area contributed by atoms with Crippen molar-refractivity contribution in [2.24, 2.45) is 11.1 Å². The molecule has 47 heavy (non-hydrogen) atoms. The second kappa shape index (κ2) is 12.6. The van der Waals surface area contributed by atoms with E-state index in [2.05, 4.69) is 10.6 Å². The molecule has 4 aliphatic rings. The molecular weight excluding hydrogens is 639 g/mol. The summed E-state index contributed by atoms with van der Waals surface area (Å²) in [6.45, 7) is 5.44. The van der Waals surface area contributed by atoms with Gasteiger partial charge in [0.2, 0.25) is 0 Å². The van der Waals surface area contributed by atoms with Crippen LogP contribution >= 0.6 is 0 Å². The summed E-state index contributed by atoms with van der Waals surface area (Å²) in [6.07, 6.45) is 1.40. The largest absolute Gasteiger partial charge is 0.446 e. The minimum atomic E-state index is -3.61. The van der Waals surface area contributed by atoms with Gasteiger partial charge < -0.3 is 35.3 Å². The van der Waals surface area contributed by atoms with Crippen molar-refractivity contribution in [2.45, 2.75) is 95.0 Å². The molecule has 0 bridgehead atoms. The topological polar surface area (TPSA) is 145 Å². The van der Waals surface area contributed by atoms with Crippen molar-refractivity contribution in [2.75, 3.05) is 37.2 Å². The summed E-state index contributed by atoms with van der Waals surface area (Å²) in [6, 6.07) is 2.67. The zero-order valence-corrected chi connectivity index (χ0v) is 27.5. The Morgan fingerprint density at radius 1 is 1.09 bits per heavy atom. The van der Waals surface area contributed by atoms with Gasteiger partial charge in [0.15, 0.2) is 9.84 Å². The molecular formula is C32H42F3N5O6S. The fraction of sp³-hybridized carbons (Fsp3) is 0.625. The van der Waals surface area contributed by atoms with Crippen molar-refractivity contribution in [3.63, 3.8) is 0 Å². The Hall–Kier alpha value is -3.30. The summed E-state index contributed by atoms with van der Waals surface area (Å²) in [5.41, 5.74) is 7.21. The number of benzene rings is 1. The number of nitrogens with zero attached hydrogens (tertiary/aromatic N) is 2. The molecule has 2 fully saturated rings. The van der Waals surface area contributed by atoms with Crippen molar-refractivity contribution >= 4 is 27.5 Å². The van der Waals surface area contributed by atoms with Crippen molar-refractivity contribution < 1.29 is 40.7 Å². The molecule has 0 atom stereocenters. The first-order chi connectivity index (χ1) is 22.1. The third kappa shape index (κ3) is 7.12. The predicted octanol–water partition coefficient (Wildman–Crippen LogP) is 4.28. The minimum absolute atomic E-state index is 0.00162. The number of hydrogen-bond acceptors (Lipinski definition) is 8. The Morgan fingerprint density at radius 3 is 2.47 bits per heavy atom. The standard InChI is InChI=1S/C32H42F3N5O6S/c1-31(2)15-25-28(47(43,44)18-31)22-16-45-17-26(22)40(25)20-13-23(33)27(29(36)41)24(14-20)38-19-3-5-21(6-4-19)46-30(42)37-9-12-39-10-7-32(34,35)8-11-39/h13-14,19,21,38H,3-12,15-18H2,1-2H3,(H2,36,41)(H,37,42). The van der Waals surface area contributed by atoms with Crippen LogP contribution in [0.3, 0.4) is 0 Å². The average molecular weight is 682 g/mol. The summed E-state index contributed by atoms with van der Waals surface area (Å²) in [7, 11) is -3.61. The number of aromatic nitrogens is 1. The van der Waals surface area contributed by atoms with Crippen LogP contribution in [0.5, 0.6) is 0 Å². The third-order valence-electron chi connectivity index (χ3n) is 9.62. The maximum Gasteiger partial charge on any atom is 0.407 e. The molecule has 0 radical (unpaired) electrons. The quantitative estimate of drug-likeness (QED) is 0.375. The van der Waals surface area contributed by atoms with Crippen LogP contribution in [-0.2, 0) is 38.9 Å². The van der Waals surface area contributed by atoms with Crippen molar-refractivity contribution in [3.05, 3.63) is 40.5 Å². The molecule has 4 heterocycles. The molecule has 2 aromatic rings. The number of fused-ring (bicyclic) bond motifs is 3. The van der Waals surface area contributed by atoms with E-state index in [4.69, 9.17) is 15.2 Å². The summed E-state index contributed by atoms with van der Waals surface area (Å²) >= 11 is 0. The van der Waals surface area contributed by atoms with Crippen LogP contribution in [0, 0.1) is 11.2 Å². The van der Waals surface area contributed by atoms with Gasteiger partial charge in [0.05, 0.1) is 46.5 Å². The number of amides is 2. The molecule has 1 aromatic carbocycles. The van der Waals surface area contributed by atoms with Gasteiger partial charge in [0.1, 0.15) is 11.9 Å². The third-order valence-corrected chi connectivity index (χ3v) is 11.9. The Balaban J connectivity index is 1.13. The van der Waals surface area contributed by atoms with Crippen LogP contribution in [0.2, 0.25) is 0 Å². The molecule has 258 valence electrons. The highest BCUT2D eigenvalue weighted by Gasteiger charge is 2.43. The number of ether oxygens (including phenoxy) is 2. The van der Waals surface area contributed by atoms with Crippen molar-refractivity contribution in [1.82, 2.24) is 14.8 Å². The molecule has 1 aliphatic carbocycles. The predicted molar refractivity (Wildman–Crippen MR) is 167 cm³/mol. The molecule has 1 saturated carbocycles. The van der Waals surface area contributed by atoms with Gasteiger partial charge in [-0.3, -0.25) is 4.79 Å². The first-order valence-electron chi connectivity index (χ1n) is 16.1. The molecule has 4 N–H and O–H groups in total. The van der Waals surface area contributed by atoms with Crippen LogP contribution in [0.15, 0.2) is 17.0 Å². The Labute approximate surface area is 272 Å². The van der Waals surface area contributed by atoms with Crippen LogP contribution in [0.4, 0.5) is 23.7 Å². The number of carbonyl (C=O) groups is 2. The molecule has 6 rings (SSSR count). The molecule has 2 amide bonds. The van der Waals surface area contributed by atoms with E-state index < -0.39 is 39.0 Å². The van der Waals surface area contributed by atoms with Gasteiger partial charge in [-0.15, -0.1) is 0 Å². The number of nitrogens with one attached hydrogen (secondary N) is 2. The fourth-order valence-electron chi connectivity index (χ4n) is 7.43. The number of piperidine rings is 1. The highest BCUT2D eigenvalue weighted by Crippen LogP contribution is 2.44. The van der Waals surface area contributed by atoms with E-state index in [9.17, 15) is 26.8 Å². The number of primary amides is 1. The SMILES string of the molecule is CC1(C)Cc2c(c3c(n2-c2cc(F)c(C(N)=O)c(NC4CCC(OC(=O)NCCN5CCC(F)(F)CC5)CC4)c2)COC3)S(=O)(=O)C1. The lowest BCUT2D eigenvalue weighted by Gasteiger charge is -2.32. The maximum absolute atomic E-state index is 15.7. The van der Waals surface area contributed by atoms with Gasteiger partial charge >= 0.3 is 6.09 Å². The monoisotopic (exact) mass is 681 g/mol. The normalized spacial score (nSPS) is 24.6. The number of nitrogens with two attached hydrogens (primary N) is 1. The summed E-state index contributed by atoms with van der Waals surface area (Å²) < 4.78 is 82.1. The van der Waals surface area contributed by atoms with Crippen LogP contribution in [0.25, 0.3) is 5.69 Å². The van der Waals surface area contributed by atoms with Crippen LogP contribution < -0.4 is 16.4 Å². The highest BCUT2D eigenvalue weighted by molar-refractivity contribution is 7.91. The molecule has 11 nitrogen and oxygen atoms in total. The zero-order chi connectivity index (χ0) is 33.7. The number of sulfone groups is 1. The van der Waals surface area contributed by atoms with E-state index in [1.54, 1.807) is 10.6 Å². The summed E-state index contributed by atoms with van der Waals surface area (Å²) in [5.74, 6) is -4.37. The van der Waals surface area contributed by atoms with Gasteiger partial charge in [-0.1, -0.05) is 13.8 Å². The number of likely N-dealkylation sites (tertiary alicyclic amines) is 1. The molecule has 1 aromatic heterocycles. The number of rotatable bonds is 8. The summed E-state index contributed by atoms with van der Waals surface area (Å²) in [5, 5.41) is 5.98. The van der Waals surface area contributed by atoms with E-state index in [1.165, 1.54) is 6.07 Å². The molecule has 15 heteroatoms. The molecule has 3 aliphatic heterocycles. The minimum Gasteiger partial charge on any atom is -0.446 e. The van der Waals surface area contributed by atoms with E-state index in [0.717, 1.165) is 0 Å². The Bertz CT molecular complexity index is 1660. The second-order valence-corrected chi connectivity index (χ2v) is 15.9. The van der Waals surface area contributed by atoms with Crippen LogP contribution in [-0.4, -0.2) is 79.9 Å². The lowest BCUT2D eigenvalue weighted by molar-refractivity contribution is -0.0548. The summed E-state index contributed by atoms with van der Waals surface area (Å²) in [4.78, 5) is 26.9. The lowest BCUT2D eigenvalue weighted by atomic mass is 9.89. The second-order valence-electron chi connectivity index (χ2n) is 14.0.